The molecule has 24 heavy (non-hydrogen) atoms. The van der Waals surface area contributed by atoms with Gasteiger partial charge >= 0.3 is 12.1 Å². The predicted molar refractivity (Wildman–Crippen MR) is 93.7 cm³/mol. The highest BCUT2D eigenvalue weighted by Gasteiger charge is 2.51. The number of carboxylic acids is 1. The Labute approximate surface area is 145 Å². The second-order valence-electron chi connectivity index (χ2n) is 9.05. The molecule has 1 spiro atoms. The Morgan fingerprint density at radius 1 is 1.17 bits per heavy atom. The van der Waals surface area contributed by atoms with E-state index in [0.29, 0.717) is 13.0 Å². The van der Waals surface area contributed by atoms with Gasteiger partial charge in [-0.3, -0.25) is 4.90 Å². The number of hydrogen-bond acceptors (Lipinski definition) is 3. The summed E-state index contributed by atoms with van der Waals surface area (Å²) >= 11 is 0. The first-order valence-corrected chi connectivity index (χ1v) is 11.7. The highest BCUT2D eigenvalue weighted by atomic mass is 28.4. The predicted octanol–water partition coefficient (Wildman–Crippen LogP) is 3.77. The van der Waals surface area contributed by atoms with Crippen LogP contribution >= 0.6 is 0 Å². The molecule has 0 aromatic heterocycles. The Balaban J connectivity index is 2.00. The van der Waals surface area contributed by atoms with Crippen molar-refractivity contribution in [2.45, 2.75) is 83.2 Å². The van der Waals surface area contributed by atoms with Crippen LogP contribution in [0.1, 0.15) is 52.9 Å². The molecule has 0 bridgehead atoms. The van der Waals surface area contributed by atoms with E-state index in [1.165, 1.54) is 0 Å². The van der Waals surface area contributed by atoms with Gasteiger partial charge in [-0.15, -0.1) is 0 Å². The summed E-state index contributed by atoms with van der Waals surface area (Å²) in [6.07, 6.45) is 3.01. The quantitative estimate of drug-likeness (QED) is 0.751. The highest BCUT2D eigenvalue weighted by Crippen LogP contribution is 2.48. The fourth-order valence-corrected chi connectivity index (χ4v) is 5.18. The summed E-state index contributed by atoms with van der Waals surface area (Å²) in [4.78, 5) is 23.8. The van der Waals surface area contributed by atoms with E-state index in [2.05, 4.69) is 33.9 Å². The Hall–Kier alpha value is -1.08. The zero-order valence-electron chi connectivity index (χ0n) is 15.5. The number of nitrogens with zero attached hydrogens (tertiary/aromatic N) is 1. The van der Waals surface area contributed by atoms with Gasteiger partial charge in [0.25, 0.3) is 0 Å². The summed E-state index contributed by atoms with van der Waals surface area (Å²) in [5.41, 5.74) is -0.186. The maximum absolute atomic E-state index is 11.4. The molecule has 0 aromatic rings. The molecule has 0 aromatic carbocycles. The van der Waals surface area contributed by atoms with Crippen molar-refractivity contribution in [3.05, 3.63) is 0 Å². The van der Waals surface area contributed by atoms with E-state index in [1.54, 1.807) is 0 Å². The maximum atomic E-state index is 11.4. The van der Waals surface area contributed by atoms with Gasteiger partial charge in [0.2, 0.25) is 0 Å². The average molecular weight is 358 g/mol. The number of carbonyl (C=O) groups is 2. The third-order valence-corrected chi connectivity index (χ3v) is 10.8. The summed E-state index contributed by atoms with van der Waals surface area (Å²) in [6.45, 7) is 11.5. The van der Waals surface area contributed by atoms with Crippen LogP contribution in [0.15, 0.2) is 0 Å². The number of carboxylic acid groups (broad SMARTS) is 2. The summed E-state index contributed by atoms with van der Waals surface area (Å²) in [5, 5.41) is 18.8. The van der Waals surface area contributed by atoms with E-state index >= 15 is 0 Å². The molecule has 1 saturated carbocycles. The Morgan fingerprint density at radius 2 is 1.71 bits per heavy atom. The van der Waals surface area contributed by atoms with Crippen molar-refractivity contribution in [3.8, 4) is 0 Å². The summed E-state index contributed by atoms with van der Waals surface area (Å²) in [7, 11) is -1.80. The molecule has 2 rings (SSSR count). The molecule has 138 valence electrons. The smallest absolute Gasteiger partial charge is 0.408 e. The van der Waals surface area contributed by atoms with Gasteiger partial charge in [0.15, 0.2) is 8.32 Å². The lowest BCUT2D eigenvalue weighted by atomic mass is 9.72. The highest BCUT2D eigenvalue weighted by molar-refractivity contribution is 6.74. The molecule has 6 nitrogen and oxygen atoms in total. The van der Waals surface area contributed by atoms with Crippen LogP contribution in [0.5, 0.6) is 0 Å². The van der Waals surface area contributed by atoms with Crippen molar-refractivity contribution in [3.63, 3.8) is 0 Å². The molecule has 1 unspecified atom stereocenters. The van der Waals surface area contributed by atoms with Crippen molar-refractivity contribution >= 4 is 20.4 Å². The average Bonchev–Trinajstić information content (AvgIpc) is 2.80. The molecule has 0 radical (unpaired) electrons. The molecule has 1 aliphatic heterocycles. The first kappa shape index (κ1) is 19.2. The Morgan fingerprint density at radius 3 is 2.08 bits per heavy atom. The van der Waals surface area contributed by atoms with Crippen LogP contribution in [0.3, 0.4) is 0 Å². The minimum Gasteiger partial charge on any atom is -0.480 e. The second-order valence-corrected chi connectivity index (χ2v) is 13.8. The van der Waals surface area contributed by atoms with Crippen LogP contribution in [0.4, 0.5) is 4.79 Å². The summed E-state index contributed by atoms with van der Waals surface area (Å²) in [6, 6.07) is -0.902. The van der Waals surface area contributed by atoms with Crippen LogP contribution < -0.4 is 0 Å². The number of aliphatic carboxylic acids is 1. The minimum atomic E-state index is -1.80. The van der Waals surface area contributed by atoms with E-state index in [9.17, 15) is 19.8 Å². The lowest BCUT2D eigenvalue weighted by molar-refractivity contribution is -0.141. The van der Waals surface area contributed by atoms with Crippen molar-refractivity contribution in [2.24, 2.45) is 5.41 Å². The number of rotatable bonds is 3. The summed E-state index contributed by atoms with van der Waals surface area (Å²) in [5.74, 6) is -1.03. The lowest BCUT2D eigenvalue weighted by Crippen LogP contribution is -2.46. The lowest BCUT2D eigenvalue weighted by Gasteiger charge is -2.43. The number of amides is 1. The molecule has 1 atom stereocenters. The van der Waals surface area contributed by atoms with Gasteiger partial charge in [-0.25, -0.2) is 9.59 Å². The Bertz CT molecular complexity index is 482. The van der Waals surface area contributed by atoms with Crippen molar-refractivity contribution in [1.82, 2.24) is 4.90 Å². The number of hydrogen-bond donors (Lipinski definition) is 2. The fourth-order valence-electron chi connectivity index (χ4n) is 3.76. The van der Waals surface area contributed by atoms with E-state index in [-0.39, 0.29) is 16.6 Å². The van der Waals surface area contributed by atoms with E-state index < -0.39 is 26.4 Å². The molecule has 2 N–H and O–H groups in total. The summed E-state index contributed by atoms with van der Waals surface area (Å²) < 4.78 is 6.49. The van der Waals surface area contributed by atoms with Gasteiger partial charge in [-0.1, -0.05) is 20.8 Å². The molecule has 1 heterocycles. The molecule has 7 heteroatoms. The largest absolute Gasteiger partial charge is 0.480 e. The van der Waals surface area contributed by atoms with Gasteiger partial charge in [0, 0.05) is 12.6 Å². The molecular weight excluding hydrogens is 326 g/mol. The minimum absolute atomic E-state index is 0.171. The standard InChI is InChI=1S/C17H31NO5Si/c1-16(2,3)24(4,5)23-12-6-8-17(9-7-12)10-13(14(19)20)18(11-17)15(21)22/h12-13H,6-11H2,1-5H3,(H,19,20)(H,21,22). The fraction of sp³-hybridized carbons (Fsp3) is 0.882. The molecular formula is C17H31NO5Si. The zero-order valence-corrected chi connectivity index (χ0v) is 16.5. The van der Waals surface area contributed by atoms with Crippen molar-refractivity contribution < 1.29 is 24.2 Å². The first-order valence-electron chi connectivity index (χ1n) is 8.77. The third-order valence-electron chi connectivity index (χ3n) is 6.30. The van der Waals surface area contributed by atoms with Gasteiger partial charge in [0.05, 0.1) is 0 Å². The normalized spacial score (nSPS) is 31.5. The SMILES string of the molecule is CC(C)(C)[Si](C)(C)OC1CCC2(CC1)CC(C(=O)O)N(C(=O)O)C2. The number of likely N-dealkylation sites (tertiary alicyclic amines) is 1. The van der Waals surface area contributed by atoms with E-state index in [4.69, 9.17) is 4.43 Å². The van der Waals surface area contributed by atoms with Gasteiger partial charge < -0.3 is 14.6 Å². The van der Waals surface area contributed by atoms with Crippen molar-refractivity contribution in [1.29, 1.82) is 0 Å². The van der Waals surface area contributed by atoms with Crippen molar-refractivity contribution in [2.75, 3.05) is 6.54 Å². The van der Waals surface area contributed by atoms with Crippen LogP contribution in [-0.2, 0) is 9.22 Å². The maximum Gasteiger partial charge on any atom is 0.408 e. The second kappa shape index (κ2) is 6.33. The molecule has 1 saturated heterocycles. The third kappa shape index (κ3) is 3.77. The molecule has 2 aliphatic rings. The Kier molecular flexibility index (Phi) is 5.08. The van der Waals surface area contributed by atoms with Crippen LogP contribution in [0, 0.1) is 5.41 Å². The monoisotopic (exact) mass is 357 g/mol. The van der Waals surface area contributed by atoms with Gasteiger partial charge in [-0.05, 0) is 55.7 Å². The van der Waals surface area contributed by atoms with Gasteiger partial charge in [0.1, 0.15) is 6.04 Å². The van der Waals surface area contributed by atoms with Gasteiger partial charge in [-0.2, -0.15) is 0 Å². The molecule has 1 aliphatic carbocycles. The molecule has 2 fully saturated rings. The van der Waals surface area contributed by atoms with Crippen LogP contribution in [-0.4, -0.2) is 54.2 Å². The zero-order chi connectivity index (χ0) is 18.3. The van der Waals surface area contributed by atoms with E-state index in [0.717, 1.165) is 30.6 Å². The van der Waals surface area contributed by atoms with E-state index in [1.807, 2.05) is 0 Å². The topological polar surface area (TPSA) is 87.1 Å². The van der Waals surface area contributed by atoms with Crippen LogP contribution in [0.25, 0.3) is 0 Å². The molecule has 1 amide bonds. The first-order chi connectivity index (χ1) is 10.9. The van der Waals surface area contributed by atoms with Crippen LogP contribution in [0.2, 0.25) is 18.1 Å².